The maximum atomic E-state index is 12.2. The number of thioether (sulfide) groups is 1. The number of aliphatic carboxylic acids is 1. The second-order valence-electron chi connectivity index (χ2n) is 5.56. The molecule has 0 unspecified atom stereocenters. The zero-order chi connectivity index (χ0) is 20.1. The molecule has 2 aromatic carbocycles. The van der Waals surface area contributed by atoms with E-state index in [1.807, 2.05) is 0 Å². The van der Waals surface area contributed by atoms with Crippen LogP contribution in [0, 0.1) is 0 Å². The first-order chi connectivity index (χ1) is 13.4. The van der Waals surface area contributed by atoms with Gasteiger partial charge in [-0.15, -0.1) is 0 Å². The number of hydrogen-bond donors (Lipinski definition) is 3. The Labute approximate surface area is 163 Å². The van der Waals surface area contributed by atoms with E-state index in [1.54, 1.807) is 48.5 Å². The van der Waals surface area contributed by atoms with Crippen LogP contribution in [0.1, 0.15) is 15.9 Å². The van der Waals surface area contributed by atoms with Crippen LogP contribution in [0.15, 0.2) is 58.4 Å². The van der Waals surface area contributed by atoms with E-state index in [4.69, 9.17) is 9.84 Å². The highest BCUT2D eigenvalue weighted by molar-refractivity contribution is 8.18. The van der Waals surface area contributed by atoms with Gasteiger partial charge >= 0.3 is 11.9 Å². The molecule has 0 aliphatic carbocycles. The van der Waals surface area contributed by atoms with Crippen LogP contribution >= 0.6 is 11.8 Å². The Balaban J connectivity index is 1.81. The van der Waals surface area contributed by atoms with Crippen molar-refractivity contribution in [2.24, 2.45) is 4.99 Å². The molecule has 0 radical (unpaired) electrons. The van der Waals surface area contributed by atoms with Gasteiger partial charge in [-0.05, 0) is 47.7 Å². The molecule has 1 heterocycles. The van der Waals surface area contributed by atoms with E-state index in [-0.39, 0.29) is 22.3 Å². The number of amidine groups is 1. The predicted octanol–water partition coefficient (Wildman–Crippen LogP) is 2.74. The van der Waals surface area contributed by atoms with Gasteiger partial charge in [0.05, 0.1) is 16.2 Å². The van der Waals surface area contributed by atoms with E-state index >= 15 is 0 Å². The molecule has 3 N–H and O–H groups in total. The Morgan fingerprint density at radius 3 is 2.68 bits per heavy atom. The minimum Gasteiger partial charge on any atom is -0.482 e. The number of amides is 1. The van der Waals surface area contributed by atoms with Gasteiger partial charge in [0.2, 0.25) is 0 Å². The summed E-state index contributed by atoms with van der Waals surface area (Å²) in [5.74, 6) is -2.20. The van der Waals surface area contributed by atoms with Crippen molar-refractivity contribution < 1.29 is 29.3 Å². The lowest BCUT2D eigenvalue weighted by atomic mass is 10.2. The molecule has 0 spiro atoms. The van der Waals surface area contributed by atoms with Crippen molar-refractivity contribution in [3.63, 3.8) is 0 Å². The summed E-state index contributed by atoms with van der Waals surface area (Å²) in [7, 11) is 0. The molecule has 9 heteroatoms. The van der Waals surface area contributed by atoms with Crippen LogP contribution in [0.25, 0.3) is 6.08 Å². The molecule has 2 aromatic rings. The smallest absolute Gasteiger partial charge is 0.341 e. The molecule has 1 aliphatic heterocycles. The largest absolute Gasteiger partial charge is 0.482 e. The molecule has 8 nitrogen and oxygen atoms in total. The van der Waals surface area contributed by atoms with Crippen LogP contribution in [-0.4, -0.2) is 39.8 Å². The normalized spacial score (nSPS) is 16.2. The monoisotopic (exact) mass is 398 g/mol. The van der Waals surface area contributed by atoms with Gasteiger partial charge in [-0.2, -0.15) is 0 Å². The first-order valence-electron chi connectivity index (χ1n) is 7.99. The zero-order valence-electron chi connectivity index (χ0n) is 14.3. The van der Waals surface area contributed by atoms with Gasteiger partial charge in [0, 0.05) is 0 Å². The maximum absolute atomic E-state index is 12.2. The Kier molecular flexibility index (Phi) is 5.75. The lowest BCUT2D eigenvalue weighted by Gasteiger charge is -2.03. The van der Waals surface area contributed by atoms with Crippen molar-refractivity contribution in [2.45, 2.75) is 0 Å². The number of aromatic carboxylic acids is 1. The molecule has 3 rings (SSSR count). The molecule has 0 atom stereocenters. The van der Waals surface area contributed by atoms with Gasteiger partial charge in [0.25, 0.3) is 5.91 Å². The standard InChI is InChI=1S/C19H14N2O6S/c22-16(23)10-27-12-5-3-4-11(8-12)9-15-17(24)21-19(28-15)20-14-7-2-1-6-13(14)18(25)26/h1-9H,10H2,(H,22,23)(H,25,26)(H,20,21,24)/b15-9-. The topological polar surface area (TPSA) is 125 Å². The summed E-state index contributed by atoms with van der Waals surface area (Å²) in [4.78, 5) is 38.6. The third-order valence-corrected chi connectivity index (χ3v) is 4.44. The van der Waals surface area contributed by atoms with Crippen LogP contribution in [-0.2, 0) is 9.59 Å². The molecule has 1 aliphatic rings. The summed E-state index contributed by atoms with van der Waals surface area (Å²) in [5, 5.41) is 20.8. The Morgan fingerprint density at radius 1 is 1.14 bits per heavy atom. The van der Waals surface area contributed by atoms with Crippen LogP contribution in [0.2, 0.25) is 0 Å². The molecule has 1 saturated heterocycles. The minimum atomic E-state index is -1.11. The van der Waals surface area contributed by atoms with Gasteiger partial charge in [0.1, 0.15) is 5.75 Å². The highest BCUT2D eigenvalue weighted by Crippen LogP contribution is 2.29. The van der Waals surface area contributed by atoms with E-state index in [0.717, 1.165) is 11.8 Å². The summed E-state index contributed by atoms with van der Waals surface area (Å²) < 4.78 is 5.12. The molecule has 1 amide bonds. The third kappa shape index (κ3) is 4.77. The van der Waals surface area contributed by atoms with Gasteiger partial charge in [-0.1, -0.05) is 24.3 Å². The van der Waals surface area contributed by atoms with E-state index in [2.05, 4.69) is 10.3 Å². The van der Waals surface area contributed by atoms with Crippen LogP contribution in [0.3, 0.4) is 0 Å². The summed E-state index contributed by atoms with van der Waals surface area (Å²) in [5.41, 5.74) is 0.918. The van der Waals surface area contributed by atoms with Crippen molar-refractivity contribution in [1.29, 1.82) is 0 Å². The van der Waals surface area contributed by atoms with E-state index in [0.29, 0.717) is 16.2 Å². The van der Waals surface area contributed by atoms with Gasteiger partial charge in [0.15, 0.2) is 11.8 Å². The van der Waals surface area contributed by atoms with Crippen molar-refractivity contribution in [3.8, 4) is 5.75 Å². The maximum Gasteiger partial charge on any atom is 0.341 e. The third-order valence-electron chi connectivity index (χ3n) is 3.53. The quantitative estimate of drug-likeness (QED) is 0.639. The van der Waals surface area contributed by atoms with Gasteiger partial charge in [-0.25, -0.2) is 14.6 Å². The lowest BCUT2D eigenvalue weighted by molar-refractivity contribution is -0.139. The fraction of sp³-hybridized carbons (Fsp3) is 0.0526. The number of carbonyl (C=O) groups excluding carboxylic acids is 1. The van der Waals surface area contributed by atoms with Crippen LogP contribution in [0.4, 0.5) is 5.69 Å². The number of aliphatic imine (C=N–C) groups is 1. The van der Waals surface area contributed by atoms with Crippen molar-refractivity contribution in [3.05, 3.63) is 64.6 Å². The number of carboxylic acids is 2. The molecule has 28 heavy (non-hydrogen) atoms. The van der Waals surface area contributed by atoms with Crippen LogP contribution < -0.4 is 10.1 Å². The average Bonchev–Trinajstić information content (AvgIpc) is 2.99. The SMILES string of the molecule is O=C(O)COc1cccc(/C=C2\SC(=Nc3ccccc3C(=O)O)NC2=O)c1. The highest BCUT2D eigenvalue weighted by Gasteiger charge is 2.24. The molecule has 0 aromatic heterocycles. The fourth-order valence-corrected chi connectivity index (χ4v) is 3.17. The molecule has 0 bridgehead atoms. The summed E-state index contributed by atoms with van der Waals surface area (Å²) in [6.45, 7) is -0.463. The number of hydrogen-bond acceptors (Lipinski definition) is 6. The second-order valence-corrected chi connectivity index (χ2v) is 6.59. The van der Waals surface area contributed by atoms with Gasteiger partial charge in [-0.3, -0.25) is 4.79 Å². The molecular formula is C19H14N2O6S. The number of nitrogens with one attached hydrogen (secondary N) is 1. The number of ether oxygens (including phenoxy) is 1. The van der Waals surface area contributed by atoms with E-state index in [9.17, 15) is 19.5 Å². The van der Waals surface area contributed by atoms with Crippen molar-refractivity contribution >= 4 is 46.5 Å². The van der Waals surface area contributed by atoms with E-state index < -0.39 is 18.5 Å². The number of nitrogens with zero attached hydrogens (tertiary/aromatic N) is 1. The number of rotatable bonds is 6. The Morgan fingerprint density at radius 2 is 1.93 bits per heavy atom. The first-order valence-corrected chi connectivity index (χ1v) is 8.80. The number of para-hydroxylation sites is 1. The summed E-state index contributed by atoms with van der Waals surface area (Å²) >= 11 is 1.08. The van der Waals surface area contributed by atoms with Crippen molar-refractivity contribution in [2.75, 3.05) is 6.61 Å². The van der Waals surface area contributed by atoms with E-state index in [1.165, 1.54) is 6.07 Å². The Hall–Kier alpha value is -3.59. The molecule has 0 saturated carbocycles. The fourth-order valence-electron chi connectivity index (χ4n) is 2.33. The molecule has 142 valence electrons. The number of benzene rings is 2. The number of carbonyl (C=O) groups is 3. The van der Waals surface area contributed by atoms with Crippen LogP contribution in [0.5, 0.6) is 5.75 Å². The zero-order valence-corrected chi connectivity index (χ0v) is 15.1. The first kappa shape index (κ1) is 19.2. The summed E-state index contributed by atoms with van der Waals surface area (Å²) in [6.07, 6.45) is 1.61. The predicted molar refractivity (Wildman–Crippen MR) is 104 cm³/mol. The molecule has 1 fully saturated rings. The molecular weight excluding hydrogens is 384 g/mol. The average molecular weight is 398 g/mol. The van der Waals surface area contributed by atoms with Crippen molar-refractivity contribution in [1.82, 2.24) is 5.32 Å². The Bertz CT molecular complexity index is 1010. The highest BCUT2D eigenvalue weighted by atomic mass is 32.2. The second kappa shape index (κ2) is 8.40. The summed E-state index contributed by atoms with van der Waals surface area (Å²) in [6, 6.07) is 12.9. The lowest BCUT2D eigenvalue weighted by Crippen LogP contribution is -2.19. The number of carboxylic acid groups (broad SMARTS) is 2. The minimum absolute atomic E-state index is 0.0329. The van der Waals surface area contributed by atoms with Gasteiger partial charge < -0.3 is 20.3 Å².